The summed E-state index contributed by atoms with van der Waals surface area (Å²) >= 11 is 1.56. The number of carbonyl (C=O) groups is 1. The minimum atomic E-state index is -0.546. The van der Waals surface area contributed by atoms with E-state index in [1.807, 2.05) is 48.5 Å². The Labute approximate surface area is 218 Å². The van der Waals surface area contributed by atoms with Gasteiger partial charge in [0.15, 0.2) is 11.4 Å². The number of aliphatic hydroxyl groups is 1. The van der Waals surface area contributed by atoms with Crippen LogP contribution in [0, 0.1) is 0 Å². The van der Waals surface area contributed by atoms with Crippen molar-refractivity contribution in [2.45, 2.75) is 43.2 Å². The summed E-state index contributed by atoms with van der Waals surface area (Å²) in [7, 11) is 0. The van der Waals surface area contributed by atoms with Gasteiger partial charge in [-0.05, 0) is 28.8 Å². The molecule has 1 aliphatic rings. The molecule has 1 fully saturated rings. The third-order valence-corrected chi connectivity index (χ3v) is 7.05. The molecule has 5 rings (SSSR count). The van der Waals surface area contributed by atoms with Crippen LogP contribution >= 0.6 is 11.8 Å². The normalized spacial score (nSPS) is 19.4. The number of hydrogen-bond donors (Lipinski definition) is 3. The third-order valence-electron chi connectivity index (χ3n) is 6.04. The predicted molar refractivity (Wildman–Crippen MR) is 137 cm³/mol. The number of nitrogens with zero attached hydrogens (tertiary/aromatic N) is 3. The third kappa shape index (κ3) is 6.60. The summed E-state index contributed by atoms with van der Waals surface area (Å²) in [4.78, 5) is 20.5. The van der Waals surface area contributed by atoms with E-state index in [4.69, 9.17) is 9.47 Å². The molecule has 0 saturated carbocycles. The smallest absolute Gasteiger partial charge is 0.253 e. The molecule has 1 aliphatic heterocycles. The monoisotopic (exact) mass is 517 g/mol. The molecule has 9 nitrogen and oxygen atoms in total. The Morgan fingerprint density at radius 2 is 1.84 bits per heavy atom. The van der Waals surface area contributed by atoms with Crippen LogP contribution in [0.25, 0.3) is 0 Å². The summed E-state index contributed by atoms with van der Waals surface area (Å²) in [5, 5.41) is 19.8. The molecule has 4 aromatic rings. The lowest BCUT2D eigenvalue weighted by Crippen LogP contribution is -2.31. The first-order valence-electron chi connectivity index (χ1n) is 11.9. The van der Waals surface area contributed by atoms with Crippen molar-refractivity contribution in [1.29, 1.82) is 0 Å². The zero-order valence-corrected chi connectivity index (χ0v) is 20.8. The Bertz CT molecular complexity index is 1270. The van der Waals surface area contributed by atoms with E-state index in [-0.39, 0.29) is 24.7 Å². The van der Waals surface area contributed by atoms with Crippen LogP contribution in [0.15, 0.2) is 84.5 Å². The van der Waals surface area contributed by atoms with Gasteiger partial charge >= 0.3 is 0 Å². The molecule has 1 amide bonds. The molecule has 1 saturated heterocycles. The standard InChI is InChI=1S/C27H27N5O4S/c33-15-19-5-7-20(8-6-19)24-12-23(16-37-27-30-17-31-32-27)35-26(36-24)21-9-3-18(4-10-21)13-29-25(34)22-2-1-11-28-14-22/h1-11,14,17,23-24,26,33H,12-13,15-16H2,(H,29,34)(H,30,31,32)/t23-,24+,26+/m1/s1. The maximum atomic E-state index is 12.3. The molecule has 2 aromatic carbocycles. The molecular weight excluding hydrogens is 490 g/mol. The number of carbonyl (C=O) groups excluding carboxylic acids is 1. The van der Waals surface area contributed by atoms with Crippen LogP contribution in [-0.2, 0) is 22.6 Å². The van der Waals surface area contributed by atoms with Gasteiger partial charge in [0.1, 0.15) is 6.33 Å². The van der Waals surface area contributed by atoms with E-state index in [2.05, 4.69) is 25.5 Å². The first-order valence-corrected chi connectivity index (χ1v) is 12.9. The number of aliphatic hydroxyl groups excluding tert-OH is 1. The molecular formula is C27H27N5O4S. The number of hydrogen-bond acceptors (Lipinski definition) is 8. The molecule has 0 bridgehead atoms. The van der Waals surface area contributed by atoms with E-state index in [1.54, 1.807) is 36.3 Å². The number of rotatable bonds is 9. The quantitative estimate of drug-likeness (QED) is 0.285. The summed E-state index contributed by atoms with van der Waals surface area (Å²) in [5.41, 5.74) is 4.28. The topological polar surface area (TPSA) is 122 Å². The molecule has 2 aromatic heterocycles. The average Bonchev–Trinajstić information content (AvgIpc) is 3.49. The zero-order chi connectivity index (χ0) is 25.5. The number of nitrogens with one attached hydrogen (secondary N) is 2. The van der Waals surface area contributed by atoms with Gasteiger partial charge < -0.3 is 19.9 Å². The highest BCUT2D eigenvalue weighted by Gasteiger charge is 2.32. The average molecular weight is 518 g/mol. The maximum absolute atomic E-state index is 12.3. The van der Waals surface area contributed by atoms with Crippen LogP contribution < -0.4 is 5.32 Å². The van der Waals surface area contributed by atoms with Crippen molar-refractivity contribution in [3.05, 3.63) is 107 Å². The van der Waals surface area contributed by atoms with E-state index in [1.165, 1.54) is 6.33 Å². The predicted octanol–water partition coefficient (Wildman–Crippen LogP) is 3.96. The fourth-order valence-corrected chi connectivity index (χ4v) is 4.83. The summed E-state index contributed by atoms with van der Waals surface area (Å²) < 4.78 is 12.7. The summed E-state index contributed by atoms with van der Waals surface area (Å²) in [5.74, 6) is 0.525. The number of aromatic nitrogens is 4. The van der Waals surface area contributed by atoms with Gasteiger partial charge in [-0.15, -0.1) is 0 Å². The second-order valence-electron chi connectivity index (χ2n) is 8.62. The maximum Gasteiger partial charge on any atom is 0.253 e. The lowest BCUT2D eigenvalue weighted by atomic mass is 10.0. The van der Waals surface area contributed by atoms with Gasteiger partial charge in [-0.2, -0.15) is 5.10 Å². The molecule has 190 valence electrons. The molecule has 0 spiro atoms. The number of benzene rings is 2. The molecule has 0 radical (unpaired) electrons. The van der Waals surface area contributed by atoms with E-state index >= 15 is 0 Å². The Hall–Kier alpha value is -3.57. The molecule has 3 heterocycles. The van der Waals surface area contributed by atoms with E-state index in [0.29, 0.717) is 24.3 Å². The number of thioether (sulfide) groups is 1. The van der Waals surface area contributed by atoms with Crippen molar-refractivity contribution in [3.63, 3.8) is 0 Å². The minimum absolute atomic E-state index is 0.00300. The highest BCUT2D eigenvalue weighted by Crippen LogP contribution is 2.39. The van der Waals surface area contributed by atoms with Crippen molar-refractivity contribution in [2.24, 2.45) is 0 Å². The van der Waals surface area contributed by atoms with Gasteiger partial charge in [0.2, 0.25) is 0 Å². The molecule has 3 N–H and O–H groups in total. The van der Waals surface area contributed by atoms with Crippen LogP contribution in [0.1, 0.15) is 51.4 Å². The summed E-state index contributed by atoms with van der Waals surface area (Å²) in [6.07, 6.45) is 4.57. The number of amides is 1. The van der Waals surface area contributed by atoms with Crippen molar-refractivity contribution < 1.29 is 19.4 Å². The summed E-state index contributed by atoms with van der Waals surface area (Å²) in [6, 6.07) is 19.1. The van der Waals surface area contributed by atoms with Gasteiger partial charge in [-0.25, -0.2) is 4.98 Å². The second kappa shape index (κ2) is 12.1. The molecule has 37 heavy (non-hydrogen) atoms. The van der Waals surface area contributed by atoms with Crippen molar-refractivity contribution >= 4 is 17.7 Å². The van der Waals surface area contributed by atoms with E-state index in [9.17, 15) is 9.90 Å². The fourth-order valence-electron chi connectivity index (χ4n) is 4.03. The van der Waals surface area contributed by atoms with Crippen molar-refractivity contribution in [1.82, 2.24) is 25.5 Å². The lowest BCUT2D eigenvalue weighted by Gasteiger charge is -2.36. The fraction of sp³-hybridized carbons (Fsp3) is 0.259. The highest BCUT2D eigenvalue weighted by atomic mass is 32.2. The second-order valence-corrected chi connectivity index (χ2v) is 9.63. The first kappa shape index (κ1) is 25.1. The van der Waals surface area contributed by atoms with E-state index in [0.717, 1.165) is 27.4 Å². The van der Waals surface area contributed by atoms with Gasteiger partial charge in [0.05, 0.1) is 24.4 Å². The van der Waals surface area contributed by atoms with Crippen LogP contribution in [0.4, 0.5) is 0 Å². The SMILES string of the molecule is O=C(NCc1ccc([C@H]2O[C@@H](CSc3ncn[nH]3)C[C@@H](c3ccc(CO)cc3)O2)cc1)c1cccnc1. The van der Waals surface area contributed by atoms with Crippen LogP contribution in [0.3, 0.4) is 0 Å². The number of pyridine rings is 1. The van der Waals surface area contributed by atoms with Gasteiger partial charge in [0.25, 0.3) is 5.91 Å². The zero-order valence-electron chi connectivity index (χ0n) is 20.0. The Kier molecular flexibility index (Phi) is 8.21. The number of H-pyrrole nitrogens is 1. The Morgan fingerprint density at radius 3 is 2.54 bits per heavy atom. The first-order chi connectivity index (χ1) is 18.2. The Morgan fingerprint density at radius 1 is 1.05 bits per heavy atom. The van der Waals surface area contributed by atoms with Gasteiger partial charge in [-0.1, -0.05) is 60.3 Å². The van der Waals surface area contributed by atoms with Gasteiger partial charge in [-0.3, -0.25) is 14.9 Å². The van der Waals surface area contributed by atoms with Gasteiger partial charge in [0, 0.05) is 36.7 Å². The molecule has 3 atom stereocenters. The van der Waals surface area contributed by atoms with Crippen LogP contribution in [0.5, 0.6) is 0 Å². The lowest BCUT2D eigenvalue weighted by molar-refractivity contribution is -0.245. The van der Waals surface area contributed by atoms with E-state index < -0.39 is 6.29 Å². The molecule has 0 unspecified atom stereocenters. The highest BCUT2D eigenvalue weighted by molar-refractivity contribution is 7.99. The molecule has 0 aliphatic carbocycles. The van der Waals surface area contributed by atoms with Crippen molar-refractivity contribution in [3.8, 4) is 0 Å². The van der Waals surface area contributed by atoms with Crippen molar-refractivity contribution in [2.75, 3.05) is 5.75 Å². The largest absolute Gasteiger partial charge is 0.392 e. The van der Waals surface area contributed by atoms with Crippen LogP contribution in [0.2, 0.25) is 0 Å². The molecule has 10 heteroatoms. The number of ether oxygens (including phenoxy) is 2. The Balaban J connectivity index is 1.26. The van der Waals surface area contributed by atoms with Crippen LogP contribution in [-0.4, -0.2) is 43.0 Å². The summed E-state index contributed by atoms with van der Waals surface area (Å²) in [6.45, 7) is 0.402. The minimum Gasteiger partial charge on any atom is -0.392 e. The number of aromatic amines is 1.